The molecule has 1 N–H and O–H groups in total. The second-order valence-electron chi connectivity index (χ2n) is 7.35. The van der Waals surface area contributed by atoms with Crippen LogP contribution in [0.15, 0.2) is 30.3 Å². The number of rotatable bonds is 7. The molecular weight excluding hydrogens is 324 g/mol. The fraction of sp³-hybridized carbons (Fsp3) is 0.524. The average molecular weight is 354 g/mol. The van der Waals surface area contributed by atoms with Gasteiger partial charge in [0.1, 0.15) is 0 Å². The number of fused-ring (bicyclic) bond motifs is 1. The molecule has 0 radical (unpaired) electrons. The monoisotopic (exact) mass is 354 g/mol. The number of amides is 1. The van der Waals surface area contributed by atoms with E-state index in [2.05, 4.69) is 39.6 Å². The van der Waals surface area contributed by atoms with Crippen LogP contribution in [0.4, 0.5) is 5.69 Å². The standard InChI is InChI=1S/C21H30N4O/c1-16-14-17(2)25(23-16)18(3)15-21(26)22-11-7-13-24-12-6-9-19-8-4-5-10-20(19)24/h4-5,8,10,14,18H,6-7,9,11-13,15H2,1-3H3,(H,22,26)/t18-/m0/s1. The molecule has 5 heteroatoms. The Morgan fingerprint density at radius 3 is 2.88 bits per heavy atom. The molecule has 1 amide bonds. The molecule has 1 atom stereocenters. The van der Waals surface area contributed by atoms with Gasteiger partial charge in [-0.1, -0.05) is 18.2 Å². The highest BCUT2D eigenvalue weighted by atomic mass is 16.1. The molecule has 1 aromatic carbocycles. The first-order valence-corrected chi connectivity index (χ1v) is 9.67. The Balaban J connectivity index is 1.41. The fourth-order valence-electron chi connectivity index (χ4n) is 3.86. The van der Waals surface area contributed by atoms with Gasteiger partial charge in [-0.05, 0) is 57.7 Å². The van der Waals surface area contributed by atoms with Gasteiger partial charge in [0, 0.05) is 37.4 Å². The second-order valence-corrected chi connectivity index (χ2v) is 7.35. The molecule has 0 spiro atoms. The lowest BCUT2D eigenvalue weighted by Gasteiger charge is -2.31. The first-order valence-electron chi connectivity index (χ1n) is 9.67. The summed E-state index contributed by atoms with van der Waals surface area (Å²) in [6.45, 7) is 8.88. The Kier molecular flexibility index (Phi) is 5.96. The molecule has 26 heavy (non-hydrogen) atoms. The molecule has 2 heterocycles. The number of carbonyl (C=O) groups excluding carboxylic acids is 1. The van der Waals surface area contributed by atoms with Crippen LogP contribution in [0.3, 0.4) is 0 Å². The van der Waals surface area contributed by atoms with Crippen molar-refractivity contribution in [3.8, 4) is 0 Å². The predicted molar refractivity (Wildman–Crippen MR) is 106 cm³/mol. The molecule has 1 aliphatic heterocycles. The summed E-state index contributed by atoms with van der Waals surface area (Å²) in [5, 5.41) is 7.54. The Hall–Kier alpha value is -2.30. The predicted octanol–water partition coefficient (Wildman–Crippen LogP) is 3.41. The highest BCUT2D eigenvalue weighted by molar-refractivity contribution is 5.76. The van der Waals surface area contributed by atoms with Crippen molar-refractivity contribution in [1.29, 1.82) is 0 Å². The number of carbonyl (C=O) groups is 1. The van der Waals surface area contributed by atoms with Gasteiger partial charge in [-0.15, -0.1) is 0 Å². The summed E-state index contributed by atoms with van der Waals surface area (Å²) in [4.78, 5) is 14.7. The van der Waals surface area contributed by atoms with Crippen molar-refractivity contribution in [3.05, 3.63) is 47.3 Å². The van der Waals surface area contributed by atoms with E-state index < -0.39 is 0 Å². The number of nitrogens with zero attached hydrogens (tertiary/aromatic N) is 3. The van der Waals surface area contributed by atoms with E-state index >= 15 is 0 Å². The van der Waals surface area contributed by atoms with Gasteiger partial charge in [-0.3, -0.25) is 9.48 Å². The van der Waals surface area contributed by atoms with Gasteiger partial charge >= 0.3 is 0 Å². The van der Waals surface area contributed by atoms with E-state index in [9.17, 15) is 4.79 Å². The minimum Gasteiger partial charge on any atom is -0.371 e. The lowest BCUT2D eigenvalue weighted by atomic mass is 10.0. The quantitative estimate of drug-likeness (QED) is 0.775. The van der Waals surface area contributed by atoms with E-state index in [-0.39, 0.29) is 11.9 Å². The highest BCUT2D eigenvalue weighted by Gasteiger charge is 2.16. The minimum absolute atomic E-state index is 0.0812. The fourth-order valence-corrected chi connectivity index (χ4v) is 3.86. The third-order valence-electron chi connectivity index (χ3n) is 5.08. The summed E-state index contributed by atoms with van der Waals surface area (Å²) < 4.78 is 1.94. The molecule has 0 aliphatic carbocycles. The molecule has 0 saturated heterocycles. The molecule has 0 unspecified atom stereocenters. The Morgan fingerprint density at radius 1 is 1.31 bits per heavy atom. The van der Waals surface area contributed by atoms with Crippen LogP contribution in [0.25, 0.3) is 0 Å². The van der Waals surface area contributed by atoms with Crippen molar-refractivity contribution in [2.45, 2.75) is 52.5 Å². The van der Waals surface area contributed by atoms with Crippen LogP contribution in [0.5, 0.6) is 0 Å². The van der Waals surface area contributed by atoms with Crippen LogP contribution in [-0.4, -0.2) is 35.3 Å². The molecule has 0 saturated carbocycles. The smallest absolute Gasteiger partial charge is 0.222 e. The third kappa shape index (κ3) is 4.45. The minimum atomic E-state index is 0.0812. The van der Waals surface area contributed by atoms with Crippen molar-refractivity contribution in [2.75, 3.05) is 24.5 Å². The molecule has 0 bridgehead atoms. The van der Waals surface area contributed by atoms with E-state index in [0.29, 0.717) is 6.42 Å². The van der Waals surface area contributed by atoms with Gasteiger partial charge in [-0.2, -0.15) is 5.10 Å². The summed E-state index contributed by atoms with van der Waals surface area (Å²) in [7, 11) is 0. The van der Waals surface area contributed by atoms with E-state index in [1.807, 2.05) is 31.5 Å². The van der Waals surface area contributed by atoms with Gasteiger partial charge in [0.05, 0.1) is 11.7 Å². The van der Waals surface area contributed by atoms with Gasteiger partial charge in [0.25, 0.3) is 0 Å². The van der Waals surface area contributed by atoms with Gasteiger partial charge in [-0.25, -0.2) is 0 Å². The van der Waals surface area contributed by atoms with Crippen molar-refractivity contribution < 1.29 is 4.79 Å². The molecule has 140 valence electrons. The molecule has 0 fully saturated rings. The average Bonchev–Trinajstić information content (AvgIpc) is 2.97. The first-order chi connectivity index (χ1) is 12.5. The highest BCUT2D eigenvalue weighted by Crippen LogP contribution is 2.26. The first kappa shape index (κ1) is 18.5. The summed E-state index contributed by atoms with van der Waals surface area (Å²) in [5.41, 5.74) is 4.91. The zero-order chi connectivity index (χ0) is 18.5. The van der Waals surface area contributed by atoms with Crippen LogP contribution in [0.1, 0.15) is 49.2 Å². The molecule has 2 aromatic rings. The van der Waals surface area contributed by atoms with Crippen LogP contribution in [-0.2, 0) is 11.2 Å². The Morgan fingerprint density at radius 2 is 2.12 bits per heavy atom. The molecule has 5 nitrogen and oxygen atoms in total. The van der Waals surface area contributed by atoms with Crippen LogP contribution in [0, 0.1) is 13.8 Å². The normalized spacial score (nSPS) is 14.8. The summed E-state index contributed by atoms with van der Waals surface area (Å²) >= 11 is 0. The summed E-state index contributed by atoms with van der Waals surface area (Å²) in [5.74, 6) is 0.101. The second kappa shape index (κ2) is 8.39. The van der Waals surface area contributed by atoms with Gasteiger partial charge in [0.2, 0.25) is 5.91 Å². The van der Waals surface area contributed by atoms with Crippen molar-refractivity contribution in [1.82, 2.24) is 15.1 Å². The summed E-state index contributed by atoms with van der Waals surface area (Å²) in [6, 6.07) is 10.8. The number of para-hydroxylation sites is 1. The molecule has 1 aromatic heterocycles. The number of hydrogen-bond acceptors (Lipinski definition) is 3. The summed E-state index contributed by atoms with van der Waals surface area (Å²) in [6.07, 6.45) is 3.82. The van der Waals surface area contributed by atoms with E-state index in [0.717, 1.165) is 37.4 Å². The number of anilines is 1. The van der Waals surface area contributed by atoms with E-state index in [1.54, 1.807) is 0 Å². The number of hydrogen-bond donors (Lipinski definition) is 1. The zero-order valence-electron chi connectivity index (χ0n) is 16.2. The molecule has 1 aliphatic rings. The SMILES string of the molecule is Cc1cc(C)n([C@@H](C)CC(=O)NCCCN2CCCc3ccccc32)n1. The maximum atomic E-state index is 12.2. The Bertz CT molecular complexity index is 752. The zero-order valence-corrected chi connectivity index (χ0v) is 16.2. The molecule has 3 rings (SSSR count). The van der Waals surface area contributed by atoms with Crippen molar-refractivity contribution in [2.24, 2.45) is 0 Å². The number of nitrogens with one attached hydrogen (secondary N) is 1. The van der Waals surface area contributed by atoms with Gasteiger partial charge in [0.15, 0.2) is 0 Å². The lowest BCUT2D eigenvalue weighted by Crippen LogP contribution is -2.33. The van der Waals surface area contributed by atoms with E-state index in [1.165, 1.54) is 24.1 Å². The van der Waals surface area contributed by atoms with Crippen LogP contribution >= 0.6 is 0 Å². The maximum Gasteiger partial charge on any atom is 0.222 e. The van der Waals surface area contributed by atoms with E-state index in [4.69, 9.17) is 0 Å². The largest absolute Gasteiger partial charge is 0.371 e. The number of aryl methyl sites for hydroxylation is 3. The lowest BCUT2D eigenvalue weighted by molar-refractivity contribution is -0.121. The van der Waals surface area contributed by atoms with Crippen molar-refractivity contribution in [3.63, 3.8) is 0 Å². The van der Waals surface area contributed by atoms with Crippen LogP contribution in [0.2, 0.25) is 0 Å². The number of benzene rings is 1. The Labute approximate surface area is 156 Å². The third-order valence-corrected chi connectivity index (χ3v) is 5.08. The maximum absolute atomic E-state index is 12.2. The number of aromatic nitrogens is 2. The topological polar surface area (TPSA) is 50.2 Å². The molecular formula is C21H30N4O. The van der Waals surface area contributed by atoms with Crippen molar-refractivity contribution >= 4 is 11.6 Å². The van der Waals surface area contributed by atoms with Crippen LogP contribution < -0.4 is 10.2 Å². The van der Waals surface area contributed by atoms with Gasteiger partial charge < -0.3 is 10.2 Å².